The minimum Gasteiger partial charge on any atom is -0.310 e. The number of benzene rings is 3. The number of hydrogen-bond donors (Lipinski definition) is 0. The molecule has 0 radical (unpaired) electrons. The van der Waals surface area contributed by atoms with Crippen LogP contribution in [-0.4, -0.2) is 24.5 Å². The van der Waals surface area contributed by atoms with Crippen molar-refractivity contribution in [2.75, 3.05) is 4.90 Å². The lowest BCUT2D eigenvalue weighted by Crippen LogP contribution is -2.30. The number of rotatable bonds is 2. The minimum atomic E-state index is -0.0932. The maximum absolute atomic E-state index is 4.74. The van der Waals surface area contributed by atoms with Crippen LogP contribution in [0.3, 0.4) is 0 Å². The summed E-state index contributed by atoms with van der Waals surface area (Å²) in [6, 6.07) is 27.9. The highest BCUT2D eigenvalue weighted by Crippen LogP contribution is 2.52. The number of aromatic nitrogens is 5. The molecule has 0 fully saturated rings. The lowest BCUT2D eigenvalue weighted by Gasteiger charge is -2.42. The fraction of sp³-hybridized carbons (Fsp3) is 0.103. The van der Waals surface area contributed by atoms with Gasteiger partial charge in [-0.1, -0.05) is 50.2 Å². The largest absolute Gasteiger partial charge is 0.310 e. The summed E-state index contributed by atoms with van der Waals surface area (Å²) in [6.07, 6.45) is 4.88. The number of pyridine rings is 1. The first-order valence-electron chi connectivity index (χ1n) is 11.7. The summed E-state index contributed by atoms with van der Waals surface area (Å²) in [4.78, 5) is 19.9. The Morgan fingerprint density at radius 2 is 1.37 bits per heavy atom. The van der Waals surface area contributed by atoms with E-state index in [9.17, 15) is 0 Å². The van der Waals surface area contributed by atoms with Gasteiger partial charge in [0, 0.05) is 22.7 Å². The van der Waals surface area contributed by atoms with Crippen LogP contribution in [0.25, 0.3) is 27.9 Å². The summed E-state index contributed by atoms with van der Waals surface area (Å²) in [5.74, 6) is 0.580. The molecule has 168 valence electrons. The number of hydrogen-bond acceptors (Lipinski definition) is 5. The normalized spacial score (nSPS) is 14.2. The summed E-state index contributed by atoms with van der Waals surface area (Å²) < 4.78 is 2.05. The number of nitrogens with zero attached hydrogens (tertiary/aromatic N) is 6. The van der Waals surface area contributed by atoms with Crippen LogP contribution in [0.5, 0.6) is 0 Å². The van der Waals surface area contributed by atoms with Crippen LogP contribution in [0, 0.1) is 0 Å². The highest BCUT2D eigenvalue weighted by Gasteiger charge is 2.36. The van der Waals surface area contributed by atoms with Crippen molar-refractivity contribution in [2.24, 2.45) is 0 Å². The average molecular weight is 455 g/mol. The van der Waals surface area contributed by atoms with Crippen LogP contribution in [0.4, 0.5) is 17.1 Å². The van der Waals surface area contributed by atoms with Crippen LogP contribution < -0.4 is 4.90 Å². The first-order valence-corrected chi connectivity index (χ1v) is 11.7. The van der Waals surface area contributed by atoms with Gasteiger partial charge in [0.05, 0.1) is 27.9 Å². The molecule has 6 heteroatoms. The van der Waals surface area contributed by atoms with Gasteiger partial charge in [0.1, 0.15) is 12.7 Å². The Balaban J connectivity index is 1.52. The minimum absolute atomic E-state index is 0.0932. The quantitative estimate of drug-likeness (QED) is 0.300. The van der Waals surface area contributed by atoms with Gasteiger partial charge in [0.15, 0.2) is 0 Å². The smallest absolute Gasteiger partial charge is 0.237 e. The topological polar surface area (TPSA) is 59.7 Å². The first-order chi connectivity index (χ1) is 17.1. The van der Waals surface area contributed by atoms with Crippen molar-refractivity contribution < 1.29 is 0 Å². The summed E-state index contributed by atoms with van der Waals surface area (Å²) in [5.41, 5.74) is 8.91. The fourth-order valence-electron chi connectivity index (χ4n) is 5.47. The Hall–Kier alpha value is -4.58. The van der Waals surface area contributed by atoms with E-state index in [0.717, 1.165) is 27.6 Å². The van der Waals surface area contributed by atoms with E-state index in [-0.39, 0.29) is 5.41 Å². The van der Waals surface area contributed by atoms with Crippen molar-refractivity contribution in [1.82, 2.24) is 24.5 Å². The van der Waals surface area contributed by atoms with Gasteiger partial charge in [-0.3, -0.25) is 9.55 Å². The summed E-state index contributed by atoms with van der Waals surface area (Å²) in [6.45, 7) is 4.61. The standard InChI is InChI=1S/C29H22N6/c1-29(2)21-8-3-5-10-24(21)34(25-11-6-4-9-22(25)29)19-13-14-23-20(16-19)27-26(12-7-15-31-27)35(23)28-32-17-30-18-33-28/h3-18H,1-2H3. The molecule has 3 aromatic heterocycles. The van der Waals surface area contributed by atoms with E-state index in [0.29, 0.717) is 5.95 Å². The van der Waals surface area contributed by atoms with E-state index in [1.54, 1.807) is 0 Å². The molecule has 0 saturated heterocycles. The first kappa shape index (κ1) is 19.9. The molecule has 0 saturated carbocycles. The highest BCUT2D eigenvalue weighted by atomic mass is 15.2. The molecule has 0 amide bonds. The SMILES string of the molecule is CC1(C)c2ccccc2N(c2ccc3c(c2)c2ncccc2n3-c2ncncn2)c2ccccc21. The Morgan fingerprint density at radius 3 is 2.09 bits per heavy atom. The molecule has 35 heavy (non-hydrogen) atoms. The molecule has 4 heterocycles. The summed E-state index contributed by atoms with van der Waals surface area (Å²) in [7, 11) is 0. The zero-order valence-corrected chi connectivity index (χ0v) is 19.4. The van der Waals surface area contributed by atoms with Gasteiger partial charge in [-0.15, -0.1) is 0 Å². The van der Waals surface area contributed by atoms with E-state index in [4.69, 9.17) is 4.98 Å². The van der Waals surface area contributed by atoms with Gasteiger partial charge in [-0.25, -0.2) is 15.0 Å². The Kier molecular flexibility index (Phi) is 4.09. The van der Waals surface area contributed by atoms with Gasteiger partial charge in [0.2, 0.25) is 5.95 Å². The van der Waals surface area contributed by atoms with Crippen molar-refractivity contribution in [3.05, 3.63) is 109 Å². The molecular formula is C29H22N6. The Labute approximate surface area is 202 Å². The van der Waals surface area contributed by atoms with Crippen molar-refractivity contribution in [1.29, 1.82) is 0 Å². The fourth-order valence-corrected chi connectivity index (χ4v) is 5.47. The second-order valence-electron chi connectivity index (χ2n) is 9.34. The molecule has 0 aliphatic carbocycles. The molecule has 6 nitrogen and oxygen atoms in total. The maximum atomic E-state index is 4.74. The summed E-state index contributed by atoms with van der Waals surface area (Å²) in [5, 5.41) is 1.05. The average Bonchev–Trinajstić information content (AvgIpc) is 3.23. The number of fused-ring (bicyclic) bond motifs is 5. The van der Waals surface area contributed by atoms with Gasteiger partial charge < -0.3 is 4.90 Å². The highest BCUT2D eigenvalue weighted by molar-refractivity contribution is 6.08. The predicted octanol–water partition coefficient (Wildman–Crippen LogP) is 6.47. The zero-order chi connectivity index (χ0) is 23.6. The van der Waals surface area contributed by atoms with Gasteiger partial charge in [-0.2, -0.15) is 0 Å². The molecule has 7 rings (SSSR count). The van der Waals surface area contributed by atoms with E-state index < -0.39 is 0 Å². The third-order valence-corrected chi connectivity index (χ3v) is 7.08. The van der Waals surface area contributed by atoms with Crippen LogP contribution in [-0.2, 0) is 5.41 Å². The number of para-hydroxylation sites is 2. The van der Waals surface area contributed by atoms with Crippen molar-refractivity contribution in [3.63, 3.8) is 0 Å². The van der Waals surface area contributed by atoms with Gasteiger partial charge in [0.25, 0.3) is 0 Å². The molecule has 1 aliphatic rings. The summed E-state index contributed by atoms with van der Waals surface area (Å²) >= 11 is 0. The van der Waals surface area contributed by atoms with Crippen LogP contribution in [0.15, 0.2) is 97.7 Å². The van der Waals surface area contributed by atoms with Crippen molar-refractivity contribution >= 4 is 39.0 Å². The van der Waals surface area contributed by atoms with E-state index in [1.165, 1.54) is 35.2 Å². The molecule has 3 aromatic carbocycles. The molecule has 6 aromatic rings. The molecule has 1 aliphatic heterocycles. The Bertz CT molecular complexity index is 1690. The third-order valence-electron chi connectivity index (χ3n) is 7.08. The molecule has 0 N–H and O–H groups in total. The molecule has 0 unspecified atom stereocenters. The van der Waals surface area contributed by atoms with Crippen LogP contribution >= 0.6 is 0 Å². The van der Waals surface area contributed by atoms with Crippen molar-refractivity contribution in [3.8, 4) is 5.95 Å². The molecule has 0 atom stereocenters. The molecule has 0 bridgehead atoms. The van der Waals surface area contributed by atoms with Crippen LogP contribution in [0.1, 0.15) is 25.0 Å². The van der Waals surface area contributed by atoms with E-state index in [1.807, 2.05) is 16.8 Å². The van der Waals surface area contributed by atoms with Gasteiger partial charge in [-0.05, 0) is 53.6 Å². The molecular weight excluding hydrogens is 432 g/mol. The second-order valence-corrected chi connectivity index (χ2v) is 9.34. The predicted molar refractivity (Wildman–Crippen MR) is 139 cm³/mol. The molecule has 0 spiro atoms. The zero-order valence-electron chi connectivity index (χ0n) is 19.4. The van der Waals surface area contributed by atoms with Crippen LogP contribution in [0.2, 0.25) is 0 Å². The second kappa shape index (κ2) is 7.21. The maximum Gasteiger partial charge on any atom is 0.237 e. The Morgan fingerprint density at radius 1 is 0.686 bits per heavy atom. The van der Waals surface area contributed by atoms with E-state index >= 15 is 0 Å². The van der Waals surface area contributed by atoms with Crippen molar-refractivity contribution in [2.45, 2.75) is 19.3 Å². The monoisotopic (exact) mass is 454 g/mol. The lowest BCUT2D eigenvalue weighted by molar-refractivity contribution is 0.632. The third kappa shape index (κ3) is 2.77. The van der Waals surface area contributed by atoms with E-state index in [2.05, 4.69) is 106 Å². The van der Waals surface area contributed by atoms with Gasteiger partial charge >= 0.3 is 0 Å². The number of anilines is 3. The lowest BCUT2D eigenvalue weighted by atomic mass is 9.73.